The molecular formula is C38H47F3N4O6. The van der Waals surface area contributed by atoms with Gasteiger partial charge in [-0.15, -0.1) is 0 Å². The van der Waals surface area contributed by atoms with Crippen molar-refractivity contribution in [3.63, 3.8) is 0 Å². The van der Waals surface area contributed by atoms with Crippen molar-refractivity contribution in [3.8, 4) is 5.75 Å². The molecule has 10 nitrogen and oxygen atoms in total. The van der Waals surface area contributed by atoms with Crippen LogP contribution in [0, 0.1) is 5.92 Å². The lowest BCUT2D eigenvalue weighted by atomic mass is 10.0. The number of aliphatic hydroxyl groups excluding tert-OH is 1. The van der Waals surface area contributed by atoms with E-state index in [0.29, 0.717) is 25.3 Å². The van der Waals surface area contributed by atoms with Gasteiger partial charge in [0.05, 0.1) is 42.4 Å². The zero-order chi connectivity index (χ0) is 37.1. The van der Waals surface area contributed by atoms with Crippen LogP contribution in [-0.2, 0) is 22.1 Å². The van der Waals surface area contributed by atoms with E-state index in [0.717, 1.165) is 42.7 Å². The van der Waals surface area contributed by atoms with E-state index in [1.54, 1.807) is 31.0 Å². The summed E-state index contributed by atoms with van der Waals surface area (Å²) in [5.74, 6) is -0.450. The van der Waals surface area contributed by atoms with Crippen molar-refractivity contribution in [1.29, 1.82) is 0 Å². The smallest absolute Gasteiger partial charge is 0.416 e. The van der Waals surface area contributed by atoms with Crippen molar-refractivity contribution in [2.45, 2.75) is 70.9 Å². The largest absolute Gasteiger partial charge is 0.490 e. The molecule has 0 saturated heterocycles. The Labute approximate surface area is 296 Å². The number of carbonyl (C=O) groups excluding carboxylic acids is 3. The van der Waals surface area contributed by atoms with Crippen molar-refractivity contribution >= 4 is 29.2 Å². The van der Waals surface area contributed by atoms with Crippen molar-refractivity contribution in [3.05, 3.63) is 89.5 Å². The minimum absolute atomic E-state index is 0.0599. The van der Waals surface area contributed by atoms with E-state index in [1.165, 1.54) is 11.0 Å². The zero-order valence-corrected chi connectivity index (χ0v) is 29.4. The minimum Gasteiger partial charge on any atom is -0.490 e. The fourth-order valence-corrected chi connectivity index (χ4v) is 5.78. The summed E-state index contributed by atoms with van der Waals surface area (Å²) >= 11 is 0. The first-order chi connectivity index (χ1) is 24.2. The third-order valence-electron chi connectivity index (χ3n) is 8.86. The topological polar surface area (TPSA) is 120 Å². The molecule has 0 aliphatic carbocycles. The number of ether oxygens (including phenoxy) is 2. The lowest BCUT2D eigenvalue weighted by Gasteiger charge is -2.36. The molecule has 0 unspecified atom stereocenters. The number of fused-ring (bicyclic) bond motifs is 1. The Morgan fingerprint density at radius 3 is 2.33 bits per heavy atom. The zero-order valence-electron chi connectivity index (χ0n) is 29.4. The third-order valence-corrected chi connectivity index (χ3v) is 8.86. The van der Waals surface area contributed by atoms with Gasteiger partial charge in [-0.05, 0) is 81.1 Å². The van der Waals surface area contributed by atoms with Gasteiger partial charge in [-0.25, -0.2) is 4.79 Å². The number of amides is 4. The van der Waals surface area contributed by atoms with Gasteiger partial charge in [0.25, 0.3) is 5.91 Å². The number of hydrogen-bond acceptors (Lipinski definition) is 6. The Balaban J connectivity index is 1.56. The molecule has 13 heteroatoms. The van der Waals surface area contributed by atoms with Gasteiger partial charge in [-0.2, -0.15) is 13.2 Å². The average molecular weight is 713 g/mol. The minimum atomic E-state index is -4.51. The Bertz CT molecular complexity index is 1610. The summed E-state index contributed by atoms with van der Waals surface area (Å²) in [5.41, 5.74) is 0.612. The Hall–Kier alpha value is -4.62. The summed E-state index contributed by atoms with van der Waals surface area (Å²) < 4.78 is 51.5. The van der Waals surface area contributed by atoms with E-state index in [-0.39, 0.29) is 54.4 Å². The predicted molar refractivity (Wildman–Crippen MR) is 189 cm³/mol. The summed E-state index contributed by atoms with van der Waals surface area (Å²) in [4.78, 5) is 43.5. The van der Waals surface area contributed by atoms with Crippen LogP contribution in [0.1, 0.15) is 61.5 Å². The predicted octanol–water partition coefficient (Wildman–Crippen LogP) is 6.85. The molecule has 0 spiro atoms. The van der Waals surface area contributed by atoms with Gasteiger partial charge in [0.1, 0.15) is 5.75 Å². The van der Waals surface area contributed by atoms with Gasteiger partial charge >= 0.3 is 12.2 Å². The SMILES string of the molecule is C[C@@H]1CCCCO[C@@H](CN(C)C(=O)Cc2ccccc2)[C@@H](C)CN([C@@H](C)CO)C(=O)c2cc(NC(=O)Nc3ccc(C(F)(F)F)cc3)ccc2O1. The van der Waals surface area contributed by atoms with Crippen molar-refractivity contribution in [2.75, 3.05) is 44.0 Å². The quantitative estimate of drug-likeness (QED) is 0.235. The summed E-state index contributed by atoms with van der Waals surface area (Å²) in [7, 11) is 1.74. The normalized spacial score (nSPS) is 19.6. The Morgan fingerprint density at radius 2 is 1.67 bits per heavy atom. The second-order valence-corrected chi connectivity index (χ2v) is 13.1. The fraction of sp³-hybridized carbons (Fsp3) is 0.447. The molecule has 1 heterocycles. The van der Waals surface area contributed by atoms with Crippen LogP contribution in [-0.4, -0.2) is 84.4 Å². The van der Waals surface area contributed by atoms with E-state index >= 15 is 0 Å². The summed E-state index contributed by atoms with van der Waals surface area (Å²) in [5, 5.41) is 15.4. The number of carbonyl (C=O) groups is 3. The van der Waals surface area contributed by atoms with Crippen LogP contribution in [0.4, 0.5) is 29.3 Å². The van der Waals surface area contributed by atoms with Crippen LogP contribution >= 0.6 is 0 Å². The first-order valence-corrected chi connectivity index (χ1v) is 17.1. The highest BCUT2D eigenvalue weighted by Crippen LogP contribution is 2.31. The fourth-order valence-electron chi connectivity index (χ4n) is 5.78. The maximum atomic E-state index is 14.4. The van der Waals surface area contributed by atoms with Crippen LogP contribution in [0.25, 0.3) is 0 Å². The number of nitrogens with zero attached hydrogens (tertiary/aromatic N) is 2. The molecule has 0 fully saturated rings. The lowest BCUT2D eigenvalue weighted by Crippen LogP contribution is -2.48. The maximum absolute atomic E-state index is 14.4. The van der Waals surface area contributed by atoms with E-state index in [9.17, 15) is 32.7 Å². The van der Waals surface area contributed by atoms with Gasteiger partial charge < -0.3 is 35.0 Å². The van der Waals surface area contributed by atoms with E-state index < -0.39 is 35.8 Å². The molecule has 1 aliphatic rings. The van der Waals surface area contributed by atoms with E-state index in [4.69, 9.17) is 9.47 Å². The molecule has 0 aromatic heterocycles. The monoisotopic (exact) mass is 712 g/mol. The number of hydrogen-bond donors (Lipinski definition) is 3. The van der Waals surface area contributed by atoms with Gasteiger partial charge in [0.15, 0.2) is 0 Å². The molecule has 4 rings (SSSR count). The number of urea groups is 1. The van der Waals surface area contributed by atoms with Gasteiger partial charge in [-0.3, -0.25) is 9.59 Å². The van der Waals surface area contributed by atoms with E-state index in [1.807, 2.05) is 44.2 Å². The maximum Gasteiger partial charge on any atom is 0.416 e. The van der Waals surface area contributed by atoms with Crippen LogP contribution in [0.5, 0.6) is 5.75 Å². The molecule has 0 saturated carbocycles. The highest BCUT2D eigenvalue weighted by atomic mass is 19.4. The van der Waals surface area contributed by atoms with Crippen LogP contribution in [0.3, 0.4) is 0 Å². The molecule has 4 amide bonds. The van der Waals surface area contributed by atoms with Crippen LogP contribution in [0.2, 0.25) is 0 Å². The number of likely N-dealkylation sites (N-methyl/N-ethyl adjacent to an activating group) is 1. The molecule has 1 aliphatic heterocycles. The number of anilines is 2. The molecule has 3 aromatic rings. The summed E-state index contributed by atoms with van der Waals surface area (Å²) in [6.07, 6.45) is -2.69. The standard InChI is InChI=1S/C38H47F3N4O6/c1-25-22-45(26(2)24-46)36(48)32-21-31(43-37(49)42-30-15-13-29(14-16-30)38(39,40)41)17-18-33(32)51-27(3)10-8-9-19-50-34(25)23-44(4)35(47)20-28-11-6-5-7-12-28/h5-7,11-18,21,25-27,34,46H,8-10,19-20,22-24H2,1-4H3,(H2,42,43,49)/t25-,26-,27+,34-/m0/s1. The van der Waals surface area contributed by atoms with Crippen LogP contribution < -0.4 is 15.4 Å². The Kier molecular flexibility index (Phi) is 13.9. The second-order valence-electron chi connectivity index (χ2n) is 13.1. The third kappa shape index (κ3) is 11.4. The first kappa shape index (κ1) is 39.2. The van der Waals surface area contributed by atoms with Gasteiger partial charge in [0, 0.05) is 44.0 Å². The molecule has 276 valence electrons. The number of nitrogens with one attached hydrogen (secondary N) is 2. The van der Waals surface area contributed by atoms with Crippen molar-refractivity contribution in [2.24, 2.45) is 5.92 Å². The average Bonchev–Trinajstić information content (AvgIpc) is 3.09. The first-order valence-electron chi connectivity index (χ1n) is 17.1. The number of alkyl halides is 3. The number of halogens is 3. The number of aliphatic hydroxyl groups is 1. The summed E-state index contributed by atoms with van der Waals surface area (Å²) in [6, 6.07) is 16.8. The molecule has 3 N–H and O–H groups in total. The van der Waals surface area contributed by atoms with E-state index in [2.05, 4.69) is 10.6 Å². The number of benzene rings is 3. The summed E-state index contributed by atoms with van der Waals surface area (Å²) in [6.45, 7) is 6.21. The highest BCUT2D eigenvalue weighted by molar-refractivity contribution is 6.02. The van der Waals surface area contributed by atoms with Crippen molar-refractivity contribution in [1.82, 2.24) is 9.80 Å². The molecule has 0 radical (unpaired) electrons. The second kappa shape index (κ2) is 18.0. The molecule has 3 aromatic carbocycles. The number of rotatable bonds is 8. The molecular weight excluding hydrogens is 665 g/mol. The molecule has 51 heavy (non-hydrogen) atoms. The van der Waals surface area contributed by atoms with Gasteiger partial charge in [-0.1, -0.05) is 37.3 Å². The molecule has 4 atom stereocenters. The van der Waals surface area contributed by atoms with Gasteiger partial charge in [0.2, 0.25) is 5.91 Å². The molecule has 0 bridgehead atoms. The Morgan fingerprint density at radius 1 is 1.00 bits per heavy atom. The highest BCUT2D eigenvalue weighted by Gasteiger charge is 2.32. The lowest BCUT2D eigenvalue weighted by molar-refractivity contribution is -0.137. The van der Waals surface area contributed by atoms with Crippen LogP contribution in [0.15, 0.2) is 72.8 Å². The van der Waals surface area contributed by atoms with Crippen molar-refractivity contribution < 1.29 is 42.1 Å².